The molecule has 2 aliphatic heterocycles. The van der Waals surface area contributed by atoms with Crippen LogP contribution in [0.1, 0.15) is 39.5 Å². The first-order chi connectivity index (χ1) is 9.20. The van der Waals surface area contributed by atoms with Crippen LogP contribution in [0.25, 0.3) is 0 Å². The maximum atomic E-state index is 12.5. The molecular weight excluding hydrogens is 238 g/mol. The van der Waals surface area contributed by atoms with Crippen LogP contribution in [-0.4, -0.2) is 55.1 Å². The summed E-state index contributed by atoms with van der Waals surface area (Å²) in [6.07, 6.45) is 4.74. The second kappa shape index (κ2) is 7.13. The minimum absolute atomic E-state index is 0.271. The topological polar surface area (TPSA) is 35.6 Å². The second-order valence-electron chi connectivity index (χ2n) is 6.18. The van der Waals surface area contributed by atoms with Gasteiger partial charge in [0.2, 0.25) is 0 Å². The Morgan fingerprint density at radius 1 is 1.21 bits per heavy atom. The molecular formula is C15H29N3O. The first-order valence-electron chi connectivity index (χ1n) is 7.95. The normalized spacial score (nSPS) is 22.5. The molecule has 2 heterocycles. The molecule has 1 N–H and O–H groups in total. The molecule has 0 aliphatic carbocycles. The Labute approximate surface area is 117 Å². The molecule has 0 atom stereocenters. The highest BCUT2D eigenvalue weighted by molar-refractivity contribution is 5.74. The fourth-order valence-corrected chi connectivity index (χ4v) is 3.12. The lowest BCUT2D eigenvalue weighted by Crippen LogP contribution is -2.48. The van der Waals surface area contributed by atoms with Crippen molar-refractivity contribution in [2.75, 3.05) is 39.3 Å². The van der Waals surface area contributed by atoms with Crippen molar-refractivity contribution in [1.29, 1.82) is 0 Å². The Balaban J connectivity index is 1.83. The summed E-state index contributed by atoms with van der Waals surface area (Å²) in [7, 11) is 0. The molecule has 2 rings (SSSR count). The Hall–Kier alpha value is -0.770. The predicted molar refractivity (Wildman–Crippen MR) is 78.2 cm³/mol. The van der Waals surface area contributed by atoms with E-state index in [0.717, 1.165) is 58.0 Å². The number of nitrogens with one attached hydrogen (secondary N) is 1. The molecule has 0 saturated carbocycles. The summed E-state index contributed by atoms with van der Waals surface area (Å²) in [4.78, 5) is 16.7. The first-order valence-corrected chi connectivity index (χ1v) is 7.95. The predicted octanol–water partition coefficient (Wildman–Crippen LogP) is 2.16. The van der Waals surface area contributed by atoms with Gasteiger partial charge in [0.25, 0.3) is 0 Å². The van der Waals surface area contributed by atoms with E-state index in [1.165, 1.54) is 12.8 Å². The SMILES string of the molecule is CCN(CC1CCNCC1)C(=O)N1CCC(C)CC1. The third-order valence-corrected chi connectivity index (χ3v) is 4.64. The summed E-state index contributed by atoms with van der Waals surface area (Å²) in [5.74, 6) is 1.47. The number of piperidine rings is 2. The van der Waals surface area contributed by atoms with Gasteiger partial charge in [0.05, 0.1) is 0 Å². The summed E-state index contributed by atoms with van der Waals surface area (Å²) in [5, 5.41) is 3.39. The monoisotopic (exact) mass is 267 g/mol. The number of amides is 2. The number of hydrogen-bond acceptors (Lipinski definition) is 2. The molecule has 19 heavy (non-hydrogen) atoms. The largest absolute Gasteiger partial charge is 0.325 e. The standard InChI is InChI=1S/C15H29N3O/c1-3-17(12-14-4-8-16-9-5-14)15(19)18-10-6-13(2)7-11-18/h13-14,16H,3-12H2,1-2H3. The van der Waals surface area contributed by atoms with E-state index in [0.29, 0.717) is 5.92 Å². The Kier molecular flexibility index (Phi) is 5.49. The first kappa shape index (κ1) is 14.6. The number of carbonyl (C=O) groups excluding carboxylic acids is 1. The van der Waals surface area contributed by atoms with Crippen LogP contribution < -0.4 is 5.32 Å². The molecule has 4 heteroatoms. The quantitative estimate of drug-likeness (QED) is 0.850. The summed E-state index contributed by atoms with van der Waals surface area (Å²) >= 11 is 0. The fourth-order valence-electron chi connectivity index (χ4n) is 3.12. The summed E-state index contributed by atoms with van der Waals surface area (Å²) in [5.41, 5.74) is 0. The van der Waals surface area contributed by atoms with E-state index in [9.17, 15) is 4.79 Å². The molecule has 0 aromatic carbocycles. The highest BCUT2D eigenvalue weighted by atomic mass is 16.2. The molecule has 4 nitrogen and oxygen atoms in total. The minimum Gasteiger partial charge on any atom is -0.325 e. The summed E-state index contributed by atoms with van der Waals surface area (Å²) in [6.45, 7) is 10.3. The van der Waals surface area contributed by atoms with Crippen LogP contribution in [-0.2, 0) is 0 Å². The van der Waals surface area contributed by atoms with Crippen LogP contribution in [0.2, 0.25) is 0 Å². The Bertz CT molecular complexity index is 281. The molecule has 2 amide bonds. The molecule has 0 spiro atoms. The average molecular weight is 267 g/mol. The fraction of sp³-hybridized carbons (Fsp3) is 0.933. The van der Waals surface area contributed by atoms with E-state index >= 15 is 0 Å². The van der Waals surface area contributed by atoms with Crippen LogP contribution in [0.3, 0.4) is 0 Å². The Morgan fingerprint density at radius 2 is 1.84 bits per heavy atom. The third-order valence-electron chi connectivity index (χ3n) is 4.64. The van der Waals surface area contributed by atoms with Crippen molar-refractivity contribution in [3.63, 3.8) is 0 Å². The smallest absolute Gasteiger partial charge is 0.319 e. The van der Waals surface area contributed by atoms with Gasteiger partial charge in [-0.25, -0.2) is 4.79 Å². The van der Waals surface area contributed by atoms with E-state index in [1.807, 2.05) is 0 Å². The summed E-state index contributed by atoms with van der Waals surface area (Å²) < 4.78 is 0. The van der Waals surface area contributed by atoms with Gasteiger partial charge in [0, 0.05) is 26.2 Å². The van der Waals surface area contributed by atoms with Crippen molar-refractivity contribution in [2.45, 2.75) is 39.5 Å². The molecule has 2 fully saturated rings. The molecule has 2 aliphatic rings. The van der Waals surface area contributed by atoms with Gasteiger partial charge in [0.15, 0.2) is 0 Å². The molecule has 0 aromatic heterocycles. The van der Waals surface area contributed by atoms with Crippen molar-refractivity contribution in [2.24, 2.45) is 11.8 Å². The lowest BCUT2D eigenvalue weighted by Gasteiger charge is -2.36. The average Bonchev–Trinajstić information content (AvgIpc) is 2.46. The summed E-state index contributed by atoms with van der Waals surface area (Å²) in [6, 6.07) is 0.271. The van der Waals surface area contributed by atoms with Crippen molar-refractivity contribution in [3.8, 4) is 0 Å². The van der Waals surface area contributed by atoms with Gasteiger partial charge in [-0.05, 0) is 57.5 Å². The van der Waals surface area contributed by atoms with Crippen molar-refractivity contribution in [3.05, 3.63) is 0 Å². The third kappa shape index (κ3) is 4.10. The van der Waals surface area contributed by atoms with Crippen LogP contribution in [0.15, 0.2) is 0 Å². The van der Waals surface area contributed by atoms with Gasteiger partial charge in [-0.3, -0.25) is 0 Å². The Morgan fingerprint density at radius 3 is 2.42 bits per heavy atom. The number of likely N-dealkylation sites (tertiary alicyclic amines) is 1. The molecule has 0 radical (unpaired) electrons. The van der Waals surface area contributed by atoms with E-state index in [2.05, 4.69) is 29.0 Å². The van der Waals surface area contributed by atoms with Gasteiger partial charge in [-0.15, -0.1) is 0 Å². The number of nitrogens with zero attached hydrogens (tertiary/aromatic N) is 2. The number of rotatable bonds is 3. The molecule has 0 unspecified atom stereocenters. The zero-order valence-corrected chi connectivity index (χ0v) is 12.5. The zero-order chi connectivity index (χ0) is 13.7. The van der Waals surface area contributed by atoms with E-state index < -0.39 is 0 Å². The highest BCUT2D eigenvalue weighted by Crippen LogP contribution is 2.19. The van der Waals surface area contributed by atoms with Gasteiger partial charge in [0.1, 0.15) is 0 Å². The lowest BCUT2D eigenvalue weighted by atomic mass is 9.97. The highest BCUT2D eigenvalue weighted by Gasteiger charge is 2.26. The van der Waals surface area contributed by atoms with E-state index in [1.54, 1.807) is 0 Å². The number of urea groups is 1. The lowest BCUT2D eigenvalue weighted by molar-refractivity contribution is 0.126. The van der Waals surface area contributed by atoms with E-state index in [4.69, 9.17) is 0 Å². The van der Waals surface area contributed by atoms with Gasteiger partial charge in [-0.2, -0.15) is 0 Å². The van der Waals surface area contributed by atoms with Gasteiger partial charge >= 0.3 is 6.03 Å². The van der Waals surface area contributed by atoms with E-state index in [-0.39, 0.29) is 6.03 Å². The van der Waals surface area contributed by atoms with Crippen molar-refractivity contribution in [1.82, 2.24) is 15.1 Å². The van der Waals surface area contributed by atoms with Crippen molar-refractivity contribution < 1.29 is 4.79 Å². The maximum Gasteiger partial charge on any atom is 0.319 e. The second-order valence-corrected chi connectivity index (χ2v) is 6.18. The zero-order valence-electron chi connectivity index (χ0n) is 12.5. The van der Waals surface area contributed by atoms with Gasteiger partial charge < -0.3 is 15.1 Å². The molecule has 2 saturated heterocycles. The minimum atomic E-state index is 0.271. The van der Waals surface area contributed by atoms with Gasteiger partial charge in [-0.1, -0.05) is 6.92 Å². The number of hydrogen-bond donors (Lipinski definition) is 1. The van der Waals surface area contributed by atoms with Crippen LogP contribution in [0.5, 0.6) is 0 Å². The molecule has 110 valence electrons. The number of carbonyl (C=O) groups is 1. The van der Waals surface area contributed by atoms with Crippen LogP contribution >= 0.6 is 0 Å². The van der Waals surface area contributed by atoms with Crippen LogP contribution in [0.4, 0.5) is 4.79 Å². The van der Waals surface area contributed by atoms with Crippen LogP contribution in [0, 0.1) is 11.8 Å². The van der Waals surface area contributed by atoms with Crippen molar-refractivity contribution >= 4 is 6.03 Å². The molecule has 0 bridgehead atoms. The molecule has 0 aromatic rings. The maximum absolute atomic E-state index is 12.5.